The van der Waals surface area contributed by atoms with E-state index in [0.717, 1.165) is 18.9 Å². The van der Waals surface area contributed by atoms with E-state index in [2.05, 4.69) is 19.2 Å². The van der Waals surface area contributed by atoms with Gasteiger partial charge in [-0.3, -0.25) is 0 Å². The lowest BCUT2D eigenvalue weighted by Crippen LogP contribution is -2.32. The monoisotopic (exact) mass is 170 g/mol. The van der Waals surface area contributed by atoms with Crippen LogP contribution in [0.2, 0.25) is 0 Å². The van der Waals surface area contributed by atoms with Crippen LogP contribution in [0.5, 0.6) is 0 Å². The van der Waals surface area contributed by atoms with Crippen molar-refractivity contribution in [1.82, 2.24) is 5.32 Å². The van der Waals surface area contributed by atoms with Crippen molar-refractivity contribution >= 4 is 0 Å². The van der Waals surface area contributed by atoms with Gasteiger partial charge in [-0.15, -0.1) is 0 Å². The average Bonchev–Trinajstić information content (AvgIpc) is 2.86. The van der Waals surface area contributed by atoms with E-state index in [1.165, 1.54) is 19.3 Å². The Morgan fingerprint density at radius 1 is 1.50 bits per heavy atom. The maximum absolute atomic E-state index is 5.97. The molecule has 0 saturated heterocycles. The normalized spacial score (nSPS) is 22.2. The SMILES string of the molecule is CCC(C)NCCC(N)C1CC1. The largest absolute Gasteiger partial charge is 0.327 e. The molecule has 2 heteroatoms. The minimum absolute atomic E-state index is 0.460. The van der Waals surface area contributed by atoms with Gasteiger partial charge in [0.2, 0.25) is 0 Å². The topological polar surface area (TPSA) is 38.0 Å². The zero-order valence-corrected chi connectivity index (χ0v) is 8.34. The standard InChI is InChI=1S/C10H22N2/c1-3-8(2)12-7-6-10(11)9-4-5-9/h8-10,12H,3-7,11H2,1-2H3. The summed E-state index contributed by atoms with van der Waals surface area (Å²) in [5.41, 5.74) is 5.97. The van der Waals surface area contributed by atoms with Gasteiger partial charge in [0, 0.05) is 12.1 Å². The molecule has 2 atom stereocenters. The Kier molecular flexibility index (Phi) is 4.02. The molecule has 72 valence electrons. The van der Waals surface area contributed by atoms with Crippen molar-refractivity contribution in [2.45, 2.75) is 51.6 Å². The van der Waals surface area contributed by atoms with Crippen molar-refractivity contribution in [2.24, 2.45) is 11.7 Å². The Bertz CT molecular complexity index is 121. The van der Waals surface area contributed by atoms with Gasteiger partial charge in [-0.1, -0.05) is 6.92 Å². The summed E-state index contributed by atoms with van der Waals surface area (Å²) in [6, 6.07) is 1.11. The third-order valence-electron chi connectivity index (χ3n) is 2.81. The molecule has 0 aromatic carbocycles. The van der Waals surface area contributed by atoms with Crippen LogP contribution >= 0.6 is 0 Å². The van der Waals surface area contributed by atoms with Gasteiger partial charge >= 0.3 is 0 Å². The average molecular weight is 170 g/mol. The summed E-state index contributed by atoms with van der Waals surface area (Å²) in [5, 5.41) is 3.47. The summed E-state index contributed by atoms with van der Waals surface area (Å²) < 4.78 is 0. The van der Waals surface area contributed by atoms with Crippen LogP contribution < -0.4 is 11.1 Å². The first-order valence-electron chi connectivity index (χ1n) is 5.23. The molecule has 1 aliphatic rings. The smallest absolute Gasteiger partial charge is 0.00792 e. The fourth-order valence-electron chi connectivity index (χ4n) is 1.40. The van der Waals surface area contributed by atoms with Crippen LogP contribution in [0.4, 0.5) is 0 Å². The van der Waals surface area contributed by atoms with Gasteiger partial charge in [0.1, 0.15) is 0 Å². The minimum Gasteiger partial charge on any atom is -0.327 e. The second kappa shape index (κ2) is 4.83. The molecule has 1 fully saturated rings. The molecule has 1 saturated carbocycles. The Labute approximate surface area is 75.9 Å². The zero-order valence-electron chi connectivity index (χ0n) is 8.34. The van der Waals surface area contributed by atoms with E-state index in [0.29, 0.717) is 12.1 Å². The number of rotatable bonds is 6. The first-order valence-corrected chi connectivity index (χ1v) is 5.23. The molecule has 0 aromatic rings. The van der Waals surface area contributed by atoms with Crippen LogP contribution in [0, 0.1) is 5.92 Å². The lowest BCUT2D eigenvalue weighted by molar-refractivity contribution is 0.473. The molecule has 0 aliphatic heterocycles. The number of hydrogen-bond donors (Lipinski definition) is 2. The second-order valence-electron chi connectivity index (χ2n) is 4.05. The van der Waals surface area contributed by atoms with Gasteiger partial charge in [0.25, 0.3) is 0 Å². The molecule has 0 bridgehead atoms. The third-order valence-corrected chi connectivity index (χ3v) is 2.81. The summed E-state index contributed by atoms with van der Waals surface area (Å²) >= 11 is 0. The molecular formula is C10H22N2. The molecule has 2 nitrogen and oxygen atoms in total. The van der Waals surface area contributed by atoms with Crippen molar-refractivity contribution in [2.75, 3.05) is 6.54 Å². The van der Waals surface area contributed by atoms with Crippen LogP contribution in [0.25, 0.3) is 0 Å². The molecule has 0 amide bonds. The second-order valence-corrected chi connectivity index (χ2v) is 4.05. The molecule has 1 rings (SSSR count). The Morgan fingerprint density at radius 3 is 2.67 bits per heavy atom. The molecule has 0 aromatic heterocycles. The molecular weight excluding hydrogens is 148 g/mol. The van der Waals surface area contributed by atoms with E-state index in [1.807, 2.05) is 0 Å². The van der Waals surface area contributed by atoms with E-state index in [-0.39, 0.29) is 0 Å². The highest BCUT2D eigenvalue weighted by molar-refractivity contribution is 4.84. The first kappa shape index (κ1) is 10.0. The molecule has 12 heavy (non-hydrogen) atoms. The van der Waals surface area contributed by atoms with E-state index in [1.54, 1.807) is 0 Å². The maximum atomic E-state index is 5.97. The summed E-state index contributed by atoms with van der Waals surface area (Å²) in [5.74, 6) is 0.851. The van der Waals surface area contributed by atoms with Gasteiger partial charge in [0.15, 0.2) is 0 Å². The highest BCUT2D eigenvalue weighted by atomic mass is 14.9. The molecule has 0 spiro atoms. The predicted octanol–water partition coefficient (Wildman–Crippen LogP) is 1.50. The fraction of sp³-hybridized carbons (Fsp3) is 1.00. The van der Waals surface area contributed by atoms with Crippen LogP contribution in [0.3, 0.4) is 0 Å². The van der Waals surface area contributed by atoms with Gasteiger partial charge in [-0.2, -0.15) is 0 Å². The molecule has 0 heterocycles. The molecule has 2 unspecified atom stereocenters. The quantitative estimate of drug-likeness (QED) is 0.634. The number of hydrogen-bond acceptors (Lipinski definition) is 2. The van der Waals surface area contributed by atoms with Crippen molar-refractivity contribution in [1.29, 1.82) is 0 Å². The summed E-state index contributed by atoms with van der Waals surface area (Å²) in [7, 11) is 0. The van der Waals surface area contributed by atoms with Gasteiger partial charge in [0.05, 0.1) is 0 Å². The maximum Gasteiger partial charge on any atom is 0.00792 e. The van der Waals surface area contributed by atoms with Gasteiger partial charge in [-0.25, -0.2) is 0 Å². The molecule has 1 aliphatic carbocycles. The third kappa shape index (κ3) is 3.55. The van der Waals surface area contributed by atoms with Crippen molar-refractivity contribution in [3.05, 3.63) is 0 Å². The Hall–Kier alpha value is -0.0800. The van der Waals surface area contributed by atoms with Gasteiger partial charge < -0.3 is 11.1 Å². The first-order chi connectivity index (χ1) is 5.74. The highest BCUT2D eigenvalue weighted by Gasteiger charge is 2.27. The summed E-state index contributed by atoms with van der Waals surface area (Å²) in [6.45, 7) is 5.52. The fourth-order valence-corrected chi connectivity index (χ4v) is 1.40. The van der Waals surface area contributed by atoms with Crippen LogP contribution in [-0.2, 0) is 0 Å². The van der Waals surface area contributed by atoms with Crippen LogP contribution in [-0.4, -0.2) is 18.6 Å². The van der Waals surface area contributed by atoms with E-state index < -0.39 is 0 Å². The summed E-state index contributed by atoms with van der Waals surface area (Å²) in [4.78, 5) is 0. The Morgan fingerprint density at radius 2 is 2.17 bits per heavy atom. The number of nitrogens with two attached hydrogens (primary N) is 1. The predicted molar refractivity (Wildman–Crippen MR) is 53.1 cm³/mol. The van der Waals surface area contributed by atoms with Crippen molar-refractivity contribution in [3.63, 3.8) is 0 Å². The number of nitrogens with one attached hydrogen (secondary N) is 1. The Balaban J connectivity index is 1.93. The lowest BCUT2D eigenvalue weighted by Gasteiger charge is -2.14. The van der Waals surface area contributed by atoms with Crippen molar-refractivity contribution in [3.8, 4) is 0 Å². The zero-order chi connectivity index (χ0) is 8.97. The van der Waals surface area contributed by atoms with Crippen LogP contribution in [0.15, 0.2) is 0 Å². The molecule has 3 N–H and O–H groups in total. The molecule has 0 radical (unpaired) electrons. The highest BCUT2D eigenvalue weighted by Crippen LogP contribution is 2.32. The van der Waals surface area contributed by atoms with Gasteiger partial charge in [-0.05, 0) is 45.1 Å². The van der Waals surface area contributed by atoms with Crippen molar-refractivity contribution < 1.29 is 0 Å². The summed E-state index contributed by atoms with van der Waals surface area (Å²) in [6.07, 6.45) is 5.09. The van der Waals surface area contributed by atoms with E-state index in [9.17, 15) is 0 Å². The van der Waals surface area contributed by atoms with E-state index >= 15 is 0 Å². The van der Waals surface area contributed by atoms with E-state index in [4.69, 9.17) is 5.73 Å². The lowest BCUT2D eigenvalue weighted by atomic mass is 10.1. The van der Waals surface area contributed by atoms with Crippen LogP contribution in [0.1, 0.15) is 39.5 Å². The minimum atomic E-state index is 0.460.